The fourth-order valence-electron chi connectivity index (χ4n) is 4.12. The second kappa shape index (κ2) is 8.44. The number of hydroxylamine groups is 1. The number of benzene rings is 1. The summed E-state index contributed by atoms with van der Waals surface area (Å²) in [5.41, 5.74) is 4.73. The number of fused-ring (bicyclic) bond motifs is 1. The van der Waals surface area contributed by atoms with Crippen molar-refractivity contribution in [3.8, 4) is 0 Å². The molecule has 1 fully saturated rings. The summed E-state index contributed by atoms with van der Waals surface area (Å²) in [6, 6.07) is 11.2. The maximum Gasteiger partial charge on any atom is 0.247 e. The average Bonchev–Trinajstić information content (AvgIpc) is 3.48. The van der Waals surface area contributed by atoms with Crippen LogP contribution in [0.25, 0.3) is 0 Å². The van der Waals surface area contributed by atoms with Crippen molar-refractivity contribution in [1.29, 1.82) is 0 Å². The number of nitrogens with one attached hydrogen (secondary N) is 2. The number of rotatable bonds is 7. The largest absolute Gasteiger partial charge is 0.332 e. The third-order valence-electron chi connectivity index (χ3n) is 5.88. The number of carbonyl (C=O) groups is 1. The molecule has 1 saturated carbocycles. The Kier molecular flexibility index (Phi) is 5.35. The van der Waals surface area contributed by atoms with Gasteiger partial charge in [-0.05, 0) is 17.5 Å². The van der Waals surface area contributed by atoms with E-state index in [9.17, 15) is 4.79 Å². The summed E-state index contributed by atoms with van der Waals surface area (Å²) in [6.45, 7) is 3.04. The maximum atomic E-state index is 11.3. The first-order valence-corrected chi connectivity index (χ1v) is 10.5. The zero-order valence-corrected chi connectivity index (χ0v) is 17.1. The summed E-state index contributed by atoms with van der Waals surface area (Å²) in [6.07, 6.45) is 6.60. The van der Waals surface area contributed by atoms with Crippen LogP contribution in [0.2, 0.25) is 0 Å². The minimum atomic E-state index is -0.487. The number of hydrogen-bond acceptors (Lipinski definition) is 7. The van der Waals surface area contributed by atoms with Crippen LogP contribution in [0.5, 0.6) is 0 Å². The van der Waals surface area contributed by atoms with Crippen molar-refractivity contribution in [2.45, 2.75) is 44.4 Å². The minimum absolute atomic E-state index is 0.0453. The van der Waals surface area contributed by atoms with E-state index in [1.54, 1.807) is 17.9 Å². The Morgan fingerprint density at radius 3 is 2.74 bits per heavy atom. The first kappa shape index (κ1) is 19.7. The molecule has 0 saturated heterocycles. The third kappa shape index (κ3) is 4.42. The Labute approximate surface area is 180 Å². The van der Waals surface area contributed by atoms with Crippen LogP contribution in [0.4, 0.5) is 5.95 Å². The summed E-state index contributed by atoms with van der Waals surface area (Å²) in [5.74, 6) is 1.74. The molecular weight excluding hydrogens is 394 g/mol. The molecule has 9 nitrogen and oxygen atoms in total. The SMILES string of the molecule is O=C(Cc1cnc(N2CCn3cc(CNC4CC4c4ccccc4)nc3C2)nc1)NO. The normalized spacial score (nSPS) is 19.7. The zero-order chi connectivity index (χ0) is 21.2. The highest BCUT2D eigenvalue weighted by atomic mass is 16.5. The van der Waals surface area contributed by atoms with Gasteiger partial charge in [0.2, 0.25) is 11.9 Å². The van der Waals surface area contributed by atoms with Crippen molar-refractivity contribution in [2.24, 2.45) is 0 Å². The molecule has 5 rings (SSSR count). The lowest BCUT2D eigenvalue weighted by Gasteiger charge is -2.27. The number of nitrogens with zero attached hydrogens (tertiary/aromatic N) is 5. The third-order valence-corrected chi connectivity index (χ3v) is 5.88. The Bertz CT molecular complexity index is 1050. The smallest absolute Gasteiger partial charge is 0.247 e. The summed E-state index contributed by atoms with van der Waals surface area (Å²) in [5, 5.41) is 12.3. The molecule has 1 aromatic carbocycles. The molecular formula is C22H25N7O2. The minimum Gasteiger partial charge on any atom is -0.332 e. The Morgan fingerprint density at radius 1 is 1.16 bits per heavy atom. The molecule has 0 bridgehead atoms. The summed E-state index contributed by atoms with van der Waals surface area (Å²) in [7, 11) is 0. The van der Waals surface area contributed by atoms with Crippen LogP contribution >= 0.6 is 0 Å². The number of anilines is 1. The number of imidazole rings is 1. The van der Waals surface area contributed by atoms with Gasteiger partial charge in [-0.1, -0.05) is 30.3 Å². The van der Waals surface area contributed by atoms with E-state index in [4.69, 9.17) is 10.2 Å². The molecule has 2 atom stereocenters. The predicted octanol–water partition coefficient (Wildman–Crippen LogP) is 1.39. The Hall–Kier alpha value is -3.30. The van der Waals surface area contributed by atoms with Gasteiger partial charge in [-0.3, -0.25) is 10.0 Å². The van der Waals surface area contributed by atoms with Crippen molar-refractivity contribution in [1.82, 2.24) is 30.3 Å². The van der Waals surface area contributed by atoms with E-state index in [0.29, 0.717) is 30.0 Å². The molecule has 0 spiro atoms. The van der Waals surface area contributed by atoms with Gasteiger partial charge < -0.3 is 14.8 Å². The first-order chi connectivity index (χ1) is 15.2. The first-order valence-electron chi connectivity index (χ1n) is 10.5. The van der Waals surface area contributed by atoms with Crippen LogP contribution in [0, 0.1) is 0 Å². The number of hydrogen-bond donors (Lipinski definition) is 3. The number of aromatic nitrogens is 4. The molecule has 3 N–H and O–H groups in total. The van der Waals surface area contributed by atoms with Gasteiger partial charge >= 0.3 is 0 Å². The van der Waals surface area contributed by atoms with Gasteiger partial charge in [0.15, 0.2) is 0 Å². The average molecular weight is 419 g/mol. The molecule has 31 heavy (non-hydrogen) atoms. The van der Waals surface area contributed by atoms with Crippen LogP contribution < -0.4 is 15.7 Å². The molecule has 2 aliphatic rings. The molecule has 2 aromatic heterocycles. The van der Waals surface area contributed by atoms with Crippen LogP contribution in [0.3, 0.4) is 0 Å². The van der Waals surface area contributed by atoms with Crippen molar-refractivity contribution in [3.05, 3.63) is 71.6 Å². The van der Waals surface area contributed by atoms with Gasteiger partial charge in [0, 0.05) is 50.2 Å². The highest BCUT2D eigenvalue weighted by molar-refractivity contribution is 5.77. The van der Waals surface area contributed by atoms with E-state index < -0.39 is 5.91 Å². The lowest BCUT2D eigenvalue weighted by Crippen LogP contribution is -2.34. The number of carbonyl (C=O) groups excluding carboxylic acids is 1. The Morgan fingerprint density at radius 2 is 1.97 bits per heavy atom. The van der Waals surface area contributed by atoms with E-state index in [1.165, 1.54) is 12.0 Å². The van der Waals surface area contributed by atoms with Crippen LogP contribution in [0.1, 0.15) is 35.0 Å². The standard InChI is InChI=1S/C22H25N7O2/c30-21(27-31)8-15-10-24-22(25-11-15)29-7-6-28-13-17(26-20(28)14-29)12-23-19-9-18(19)16-4-2-1-3-5-16/h1-5,10-11,13,18-19,23,31H,6-9,12,14H2,(H,27,30). The van der Waals surface area contributed by atoms with Gasteiger partial charge in [0.05, 0.1) is 18.7 Å². The topological polar surface area (TPSA) is 108 Å². The van der Waals surface area contributed by atoms with Crippen LogP contribution in [0.15, 0.2) is 48.9 Å². The fraction of sp³-hybridized carbons (Fsp3) is 0.364. The lowest BCUT2D eigenvalue weighted by molar-refractivity contribution is -0.128. The van der Waals surface area contributed by atoms with Crippen molar-refractivity contribution in [2.75, 3.05) is 11.4 Å². The van der Waals surface area contributed by atoms with Gasteiger partial charge in [-0.25, -0.2) is 20.4 Å². The van der Waals surface area contributed by atoms with E-state index in [1.807, 2.05) is 0 Å². The second-order valence-electron chi connectivity index (χ2n) is 8.11. The monoisotopic (exact) mass is 419 g/mol. The fourth-order valence-corrected chi connectivity index (χ4v) is 4.12. The molecule has 0 radical (unpaired) electrons. The van der Waals surface area contributed by atoms with Gasteiger partial charge in [-0.2, -0.15) is 0 Å². The molecule has 160 valence electrons. The molecule has 9 heteroatoms. The summed E-state index contributed by atoms with van der Waals surface area (Å²) >= 11 is 0. The lowest BCUT2D eigenvalue weighted by atomic mass is 10.1. The molecule has 2 unspecified atom stereocenters. The van der Waals surface area contributed by atoms with Gasteiger partial charge in [-0.15, -0.1) is 0 Å². The summed E-state index contributed by atoms with van der Waals surface area (Å²) in [4.78, 5) is 26.9. The second-order valence-corrected chi connectivity index (χ2v) is 8.11. The maximum absolute atomic E-state index is 11.3. The van der Waals surface area contributed by atoms with E-state index >= 15 is 0 Å². The molecule has 3 aromatic rings. The molecule has 1 aliphatic carbocycles. The highest BCUT2D eigenvalue weighted by Crippen LogP contribution is 2.40. The van der Waals surface area contributed by atoms with Crippen molar-refractivity contribution in [3.63, 3.8) is 0 Å². The van der Waals surface area contributed by atoms with Crippen molar-refractivity contribution < 1.29 is 10.0 Å². The van der Waals surface area contributed by atoms with Crippen LogP contribution in [-0.4, -0.2) is 43.2 Å². The van der Waals surface area contributed by atoms with Crippen LogP contribution in [-0.2, 0) is 30.8 Å². The molecule has 3 heterocycles. The van der Waals surface area contributed by atoms with Gasteiger partial charge in [0.25, 0.3) is 0 Å². The summed E-state index contributed by atoms with van der Waals surface area (Å²) < 4.78 is 2.20. The molecule has 1 amide bonds. The van der Waals surface area contributed by atoms with E-state index in [2.05, 4.69) is 61.3 Å². The van der Waals surface area contributed by atoms with Gasteiger partial charge in [0.1, 0.15) is 5.82 Å². The zero-order valence-electron chi connectivity index (χ0n) is 17.1. The number of amides is 1. The van der Waals surface area contributed by atoms with E-state index in [0.717, 1.165) is 31.2 Å². The highest BCUT2D eigenvalue weighted by Gasteiger charge is 2.37. The molecule has 1 aliphatic heterocycles. The predicted molar refractivity (Wildman–Crippen MR) is 113 cm³/mol. The van der Waals surface area contributed by atoms with E-state index in [-0.39, 0.29) is 6.42 Å². The Balaban J connectivity index is 1.17. The van der Waals surface area contributed by atoms with Crippen molar-refractivity contribution >= 4 is 11.9 Å². The quantitative estimate of drug-likeness (QED) is 0.392.